The van der Waals surface area contributed by atoms with Crippen molar-refractivity contribution < 1.29 is 0 Å². The van der Waals surface area contributed by atoms with Crippen molar-refractivity contribution in [2.24, 2.45) is 10.7 Å². The third-order valence-electron chi connectivity index (χ3n) is 2.64. The highest BCUT2D eigenvalue weighted by Gasteiger charge is 2.23. The van der Waals surface area contributed by atoms with Gasteiger partial charge in [-0.15, -0.1) is 0 Å². The fourth-order valence-corrected chi connectivity index (χ4v) is 1.88. The summed E-state index contributed by atoms with van der Waals surface area (Å²) in [4.78, 5) is 6.60. The largest absolute Gasteiger partial charge is 0.370 e. The van der Waals surface area contributed by atoms with E-state index < -0.39 is 0 Å². The average Bonchev–Trinajstić information content (AvgIpc) is 2.61. The molecule has 0 spiro atoms. The standard InChI is InChI=1S/C10H21N3/c1-3-7-12-10(11)13-8-5-6-9(13)4-2/h9H,3-8H2,1-2H3,(H2,11,12). The molecule has 0 aromatic rings. The molecular formula is C10H21N3. The second-order valence-electron chi connectivity index (χ2n) is 3.64. The molecule has 1 aliphatic heterocycles. The maximum absolute atomic E-state index is 5.91. The molecule has 0 aromatic heterocycles. The minimum atomic E-state index is 0.639. The van der Waals surface area contributed by atoms with Crippen molar-refractivity contribution in [3.63, 3.8) is 0 Å². The van der Waals surface area contributed by atoms with Crippen LogP contribution in [-0.4, -0.2) is 30.0 Å². The maximum atomic E-state index is 5.91. The minimum absolute atomic E-state index is 0.639. The molecule has 13 heavy (non-hydrogen) atoms. The van der Waals surface area contributed by atoms with Crippen LogP contribution < -0.4 is 5.73 Å². The number of hydrogen-bond donors (Lipinski definition) is 1. The van der Waals surface area contributed by atoms with Gasteiger partial charge in [0, 0.05) is 19.1 Å². The van der Waals surface area contributed by atoms with Gasteiger partial charge >= 0.3 is 0 Å². The fourth-order valence-electron chi connectivity index (χ4n) is 1.88. The zero-order valence-electron chi connectivity index (χ0n) is 8.79. The van der Waals surface area contributed by atoms with Gasteiger partial charge in [-0.1, -0.05) is 13.8 Å². The Bertz CT molecular complexity index is 177. The lowest BCUT2D eigenvalue weighted by Gasteiger charge is -2.24. The van der Waals surface area contributed by atoms with Crippen LogP contribution in [0, 0.1) is 0 Å². The first-order valence-corrected chi connectivity index (χ1v) is 5.36. The molecule has 76 valence electrons. The number of guanidine groups is 1. The lowest BCUT2D eigenvalue weighted by Crippen LogP contribution is -2.40. The molecule has 3 nitrogen and oxygen atoms in total. The summed E-state index contributed by atoms with van der Waals surface area (Å²) in [7, 11) is 0. The van der Waals surface area contributed by atoms with Crippen molar-refractivity contribution in [1.29, 1.82) is 0 Å². The molecule has 0 aromatic carbocycles. The number of nitrogens with zero attached hydrogens (tertiary/aromatic N) is 2. The molecule has 0 bridgehead atoms. The van der Waals surface area contributed by atoms with Crippen LogP contribution in [0.4, 0.5) is 0 Å². The molecule has 0 radical (unpaired) electrons. The molecule has 1 heterocycles. The van der Waals surface area contributed by atoms with Crippen molar-refractivity contribution in [3.05, 3.63) is 0 Å². The third kappa shape index (κ3) is 2.61. The second-order valence-corrected chi connectivity index (χ2v) is 3.64. The summed E-state index contributed by atoms with van der Waals surface area (Å²) in [5.74, 6) is 0.756. The normalized spacial score (nSPS) is 24.0. The Balaban J connectivity index is 2.49. The van der Waals surface area contributed by atoms with Crippen molar-refractivity contribution in [1.82, 2.24) is 4.90 Å². The molecule has 1 atom stereocenters. The Morgan fingerprint density at radius 3 is 2.92 bits per heavy atom. The van der Waals surface area contributed by atoms with E-state index in [1.54, 1.807) is 0 Å². The molecule has 1 fully saturated rings. The van der Waals surface area contributed by atoms with Gasteiger partial charge in [-0.3, -0.25) is 4.99 Å². The lowest BCUT2D eigenvalue weighted by atomic mass is 10.2. The summed E-state index contributed by atoms with van der Waals surface area (Å²) < 4.78 is 0. The zero-order chi connectivity index (χ0) is 9.68. The monoisotopic (exact) mass is 183 g/mol. The SMILES string of the molecule is CCCN=C(N)N1CCCC1CC. The molecule has 1 aliphatic rings. The van der Waals surface area contributed by atoms with Crippen molar-refractivity contribution in [2.75, 3.05) is 13.1 Å². The number of hydrogen-bond acceptors (Lipinski definition) is 1. The first-order chi connectivity index (χ1) is 6.29. The summed E-state index contributed by atoms with van der Waals surface area (Å²) >= 11 is 0. The first kappa shape index (κ1) is 10.4. The van der Waals surface area contributed by atoms with E-state index in [0.717, 1.165) is 25.5 Å². The van der Waals surface area contributed by atoms with Crippen LogP contribution in [0.15, 0.2) is 4.99 Å². The number of nitrogens with two attached hydrogens (primary N) is 1. The van der Waals surface area contributed by atoms with Gasteiger partial charge in [-0.05, 0) is 25.7 Å². The van der Waals surface area contributed by atoms with E-state index in [1.807, 2.05) is 0 Å². The molecule has 3 heteroatoms. The summed E-state index contributed by atoms with van der Waals surface area (Å²) in [6.45, 7) is 6.30. The highest BCUT2D eigenvalue weighted by atomic mass is 15.3. The minimum Gasteiger partial charge on any atom is -0.370 e. The van der Waals surface area contributed by atoms with Crippen LogP contribution in [0.5, 0.6) is 0 Å². The molecule has 0 amide bonds. The first-order valence-electron chi connectivity index (χ1n) is 5.36. The van der Waals surface area contributed by atoms with Crippen LogP contribution in [0.25, 0.3) is 0 Å². The van der Waals surface area contributed by atoms with Crippen LogP contribution in [0.3, 0.4) is 0 Å². The summed E-state index contributed by atoms with van der Waals surface area (Å²) in [6.07, 6.45) is 4.80. The Morgan fingerprint density at radius 2 is 2.31 bits per heavy atom. The molecular weight excluding hydrogens is 162 g/mol. The van der Waals surface area contributed by atoms with Crippen LogP contribution in [-0.2, 0) is 0 Å². The second kappa shape index (κ2) is 5.10. The Morgan fingerprint density at radius 1 is 1.54 bits per heavy atom. The predicted molar refractivity (Wildman–Crippen MR) is 56.8 cm³/mol. The molecule has 1 rings (SSSR count). The number of rotatable bonds is 3. The van der Waals surface area contributed by atoms with Gasteiger partial charge in [-0.2, -0.15) is 0 Å². The molecule has 0 aliphatic carbocycles. The summed E-state index contributed by atoms with van der Waals surface area (Å²) in [5, 5.41) is 0. The number of aliphatic imine (C=N–C) groups is 1. The Hall–Kier alpha value is -0.730. The number of likely N-dealkylation sites (tertiary alicyclic amines) is 1. The van der Waals surface area contributed by atoms with Crippen molar-refractivity contribution >= 4 is 5.96 Å². The fraction of sp³-hybridized carbons (Fsp3) is 0.900. The summed E-state index contributed by atoms with van der Waals surface area (Å²) in [5.41, 5.74) is 5.91. The van der Waals surface area contributed by atoms with Crippen molar-refractivity contribution in [2.45, 2.75) is 45.6 Å². The van der Waals surface area contributed by atoms with E-state index in [9.17, 15) is 0 Å². The molecule has 1 saturated heterocycles. The van der Waals surface area contributed by atoms with Gasteiger partial charge < -0.3 is 10.6 Å². The smallest absolute Gasteiger partial charge is 0.191 e. The van der Waals surface area contributed by atoms with E-state index >= 15 is 0 Å². The molecule has 0 saturated carbocycles. The Kier molecular flexibility index (Phi) is 4.06. The Labute approximate surface area is 81.0 Å². The van der Waals surface area contributed by atoms with Gasteiger partial charge in [0.25, 0.3) is 0 Å². The van der Waals surface area contributed by atoms with E-state index in [1.165, 1.54) is 19.3 Å². The molecule has 1 unspecified atom stereocenters. The maximum Gasteiger partial charge on any atom is 0.191 e. The van der Waals surface area contributed by atoms with Gasteiger partial charge in [0.05, 0.1) is 0 Å². The van der Waals surface area contributed by atoms with E-state index in [0.29, 0.717) is 6.04 Å². The van der Waals surface area contributed by atoms with Crippen LogP contribution in [0.1, 0.15) is 39.5 Å². The quantitative estimate of drug-likeness (QED) is 0.533. The van der Waals surface area contributed by atoms with E-state index in [-0.39, 0.29) is 0 Å². The van der Waals surface area contributed by atoms with Gasteiger partial charge in [0.1, 0.15) is 0 Å². The lowest BCUT2D eigenvalue weighted by molar-refractivity contribution is 0.374. The zero-order valence-corrected chi connectivity index (χ0v) is 8.79. The van der Waals surface area contributed by atoms with Crippen molar-refractivity contribution in [3.8, 4) is 0 Å². The van der Waals surface area contributed by atoms with Gasteiger partial charge in [-0.25, -0.2) is 0 Å². The van der Waals surface area contributed by atoms with Crippen LogP contribution >= 0.6 is 0 Å². The highest BCUT2D eigenvalue weighted by molar-refractivity contribution is 5.78. The highest BCUT2D eigenvalue weighted by Crippen LogP contribution is 2.18. The van der Waals surface area contributed by atoms with E-state index in [4.69, 9.17) is 5.73 Å². The van der Waals surface area contributed by atoms with Gasteiger partial charge in [0.2, 0.25) is 0 Å². The third-order valence-corrected chi connectivity index (χ3v) is 2.64. The van der Waals surface area contributed by atoms with E-state index in [2.05, 4.69) is 23.7 Å². The topological polar surface area (TPSA) is 41.6 Å². The van der Waals surface area contributed by atoms with Gasteiger partial charge in [0.15, 0.2) is 5.96 Å². The average molecular weight is 183 g/mol. The predicted octanol–water partition coefficient (Wildman–Crippen LogP) is 1.59. The molecule has 2 N–H and O–H groups in total. The van der Waals surface area contributed by atoms with Crippen LogP contribution in [0.2, 0.25) is 0 Å². The summed E-state index contributed by atoms with van der Waals surface area (Å²) in [6, 6.07) is 0.639.